The molecule has 4 aromatic carbocycles. The topological polar surface area (TPSA) is 86.8 Å². The van der Waals surface area contributed by atoms with Gasteiger partial charge in [0.05, 0.1) is 20.6 Å². The van der Waals surface area contributed by atoms with Crippen molar-refractivity contribution in [3.63, 3.8) is 0 Å². The van der Waals surface area contributed by atoms with Gasteiger partial charge in [-0.3, -0.25) is 13.9 Å². The van der Waals surface area contributed by atoms with Gasteiger partial charge in [-0.15, -0.1) is 0 Å². The van der Waals surface area contributed by atoms with Crippen LogP contribution in [0.25, 0.3) is 0 Å². The van der Waals surface area contributed by atoms with Crippen LogP contribution >= 0.6 is 23.2 Å². The Balaban J connectivity index is 1.81. The fourth-order valence-electron chi connectivity index (χ4n) is 4.83. The summed E-state index contributed by atoms with van der Waals surface area (Å²) in [5.41, 5.74) is 3.56. The Kier molecular flexibility index (Phi) is 11.1. The van der Waals surface area contributed by atoms with Crippen LogP contribution in [-0.2, 0) is 32.6 Å². The largest absolute Gasteiger partial charge is 0.355 e. The molecule has 1 atom stereocenters. The minimum atomic E-state index is -4.17. The number of carbonyl (C=O) groups is 2. The summed E-state index contributed by atoms with van der Waals surface area (Å²) in [4.78, 5) is 29.5. The molecule has 0 spiro atoms. The van der Waals surface area contributed by atoms with Crippen LogP contribution in [0.5, 0.6) is 0 Å². The Morgan fingerprint density at radius 1 is 0.795 bits per heavy atom. The second-order valence-corrected chi connectivity index (χ2v) is 13.2. The molecule has 10 heteroatoms. The molecule has 1 unspecified atom stereocenters. The van der Waals surface area contributed by atoms with Gasteiger partial charge in [-0.2, -0.15) is 0 Å². The van der Waals surface area contributed by atoms with Crippen LogP contribution in [0.3, 0.4) is 0 Å². The molecule has 4 aromatic rings. The number of halogens is 2. The van der Waals surface area contributed by atoms with Gasteiger partial charge in [0.2, 0.25) is 11.8 Å². The van der Waals surface area contributed by atoms with Crippen LogP contribution in [0, 0.1) is 13.8 Å². The Hall–Kier alpha value is -3.85. The van der Waals surface area contributed by atoms with Gasteiger partial charge in [0.25, 0.3) is 10.0 Å². The number of rotatable bonds is 12. The first-order chi connectivity index (χ1) is 21.0. The van der Waals surface area contributed by atoms with Crippen molar-refractivity contribution in [1.29, 1.82) is 0 Å². The number of carbonyl (C=O) groups excluding carboxylic acids is 2. The molecule has 0 aliphatic heterocycles. The zero-order valence-electron chi connectivity index (χ0n) is 24.8. The zero-order chi connectivity index (χ0) is 31.9. The number of benzene rings is 4. The van der Waals surface area contributed by atoms with E-state index in [-0.39, 0.29) is 23.8 Å². The first-order valence-electron chi connectivity index (χ1n) is 14.2. The van der Waals surface area contributed by atoms with Crippen molar-refractivity contribution < 1.29 is 18.0 Å². The van der Waals surface area contributed by atoms with E-state index >= 15 is 0 Å². The first-order valence-corrected chi connectivity index (χ1v) is 16.4. The maximum atomic E-state index is 14.4. The number of amides is 2. The number of nitrogens with one attached hydrogen (secondary N) is 1. The lowest BCUT2D eigenvalue weighted by atomic mass is 10.0. The molecule has 2 amide bonds. The van der Waals surface area contributed by atoms with Gasteiger partial charge in [0.15, 0.2) is 0 Å². The van der Waals surface area contributed by atoms with E-state index in [1.165, 1.54) is 17.0 Å². The van der Waals surface area contributed by atoms with Gasteiger partial charge in [-0.1, -0.05) is 89.4 Å². The van der Waals surface area contributed by atoms with E-state index in [2.05, 4.69) is 5.32 Å². The second kappa shape index (κ2) is 14.8. The van der Waals surface area contributed by atoms with Crippen LogP contribution in [0.1, 0.15) is 29.2 Å². The van der Waals surface area contributed by atoms with Crippen molar-refractivity contribution >= 4 is 50.7 Å². The van der Waals surface area contributed by atoms with Crippen molar-refractivity contribution in [3.8, 4) is 0 Å². The second-order valence-electron chi connectivity index (χ2n) is 10.5. The summed E-state index contributed by atoms with van der Waals surface area (Å²) in [6.07, 6.45) is 0.217. The summed E-state index contributed by atoms with van der Waals surface area (Å²) in [5.74, 6) is -0.909. The van der Waals surface area contributed by atoms with Crippen molar-refractivity contribution in [2.24, 2.45) is 0 Å². The number of sulfonamides is 1. The Labute approximate surface area is 269 Å². The lowest BCUT2D eigenvalue weighted by molar-refractivity contribution is -0.140. The molecule has 0 aliphatic rings. The van der Waals surface area contributed by atoms with Gasteiger partial charge < -0.3 is 10.2 Å². The fraction of sp³-hybridized carbons (Fsp3) is 0.235. The fourth-order valence-corrected chi connectivity index (χ4v) is 6.56. The summed E-state index contributed by atoms with van der Waals surface area (Å²) in [5, 5.41) is 3.51. The van der Waals surface area contributed by atoms with Gasteiger partial charge in [-0.25, -0.2) is 8.42 Å². The smallest absolute Gasteiger partial charge is 0.264 e. The molecule has 44 heavy (non-hydrogen) atoms. The molecule has 0 saturated heterocycles. The van der Waals surface area contributed by atoms with E-state index < -0.39 is 28.5 Å². The quantitative estimate of drug-likeness (QED) is 0.187. The van der Waals surface area contributed by atoms with Crippen LogP contribution in [-0.4, -0.2) is 44.3 Å². The Morgan fingerprint density at radius 3 is 2.14 bits per heavy atom. The lowest BCUT2D eigenvalue weighted by Gasteiger charge is -2.34. The molecule has 0 heterocycles. The molecule has 0 aromatic heterocycles. The van der Waals surface area contributed by atoms with E-state index in [9.17, 15) is 18.0 Å². The maximum Gasteiger partial charge on any atom is 0.264 e. The highest BCUT2D eigenvalue weighted by atomic mass is 35.5. The third kappa shape index (κ3) is 8.20. The third-order valence-electron chi connectivity index (χ3n) is 7.14. The molecular formula is C34H35Cl2N3O4S. The molecule has 7 nitrogen and oxygen atoms in total. The average molecular weight is 653 g/mol. The van der Waals surface area contributed by atoms with Crippen LogP contribution in [0.4, 0.5) is 5.69 Å². The van der Waals surface area contributed by atoms with Crippen LogP contribution < -0.4 is 9.62 Å². The van der Waals surface area contributed by atoms with E-state index in [0.29, 0.717) is 27.8 Å². The standard InChI is InChI=1S/C34H35Cl2N3O4S/c1-4-37-34(41)32(21-26-10-6-5-7-11-26)38(22-27-15-18-30(35)31(36)20-27)33(40)23-39(28-12-8-9-25(3)19-28)44(42,43)29-16-13-24(2)14-17-29/h5-20,32H,4,21-23H2,1-3H3,(H,37,41). The number of anilines is 1. The molecular weight excluding hydrogens is 617 g/mol. The van der Waals surface area contributed by atoms with Crippen LogP contribution in [0.2, 0.25) is 10.0 Å². The van der Waals surface area contributed by atoms with Gasteiger partial charge in [0, 0.05) is 19.5 Å². The van der Waals surface area contributed by atoms with E-state index in [1.807, 2.05) is 50.2 Å². The molecule has 0 bridgehead atoms. The molecule has 230 valence electrons. The summed E-state index contributed by atoms with van der Waals surface area (Å²) < 4.78 is 29.3. The highest BCUT2D eigenvalue weighted by Gasteiger charge is 2.34. The first kappa shape index (κ1) is 33.1. The SMILES string of the molecule is CCNC(=O)C(Cc1ccccc1)N(Cc1ccc(Cl)c(Cl)c1)C(=O)CN(c1cccc(C)c1)S(=O)(=O)c1ccc(C)cc1. The lowest BCUT2D eigenvalue weighted by Crippen LogP contribution is -2.53. The zero-order valence-corrected chi connectivity index (χ0v) is 27.2. The number of likely N-dealkylation sites (N-methyl/N-ethyl adjacent to an activating group) is 1. The summed E-state index contributed by atoms with van der Waals surface area (Å²) in [7, 11) is -4.17. The van der Waals surface area contributed by atoms with Crippen molar-refractivity contribution in [1.82, 2.24) is 10.2 Å². The molecule has 0 fully saturated rings. The third-order valence-corrected chi connectivity index (χ3v) is 9.66. The van der Waals surface area contributed by atoms with E-state index in [4.69, 9.17) is 23.2 Å². The maximum absolute atomic E-state index is 14.4. The van der Waals surface area contributed by atoms with Gasteiger partial charge in [-0.05, 0) is 73.9 Å². The molecule has 1 N–H and O–H groups in total. The predicted octanol–water partition coefficient (Wildman–Crippen LogP) is 6.58. The summed E-state index contributed by atoms with van der Waals surface area (Å²) >= 11 is 12.5. The predicted molar refractivity (Wildman–Crippen MR) is 177 cm³/mol. The minimum Gasteiger partial charge on any atom is -0.355 e. The van der Waals surface area contributed by atoms with E-state index in [0.717, 1.165) is 21.0 Å². The monoisotopic (exact) mass is 651 g/mol. The summed E-state index contributed by atoms with van der Waals surface area (Å²) in [6.45, 7) is 5.34. The number of nitrogens with zero attached hydrogens (tertiary/aromatic N) is 2. The molecule has 4 rings (SSSR count). The van der Waals surface area contributed by atoms with Gasteiger partial charge >= 0.3 is 0 Å². The Morgan fingerprint density at radius 2 is 1.50 bits per heavy atom. The minimum absolute atomic E-state index is 0.00338. The van der Waals surface area contributed by atoms with Crippen LogP contribution in [0.15, 0.2) is 102 Å². The number of hydrogen-bond donors (Lipinski definition) is 1. The molecule has 0 aliphatic carbocycles. The average Bonchev–Trinajstić information content (AvgIpc) is 3.00. The van der Waals surface area contributed by atoms with Gasteiger partial charge in [0.1, 0.15) is 12.6 Å². The number of hydrogen-bond acceptors (Lipinski definition) is 4. The number of aryl methyl sites for hydroxylation is 2. The summed E-state index contributed by atoms with van der Waals surface area (Å²) in [6, 6.07) is 26.9. The highest BCUT2D eigenvalue weighted by Crippen LogP contribution is 2.27. The van der Waals surface area contributed by atoms with Crippen molar-refractivity contribution in [2.75, 3.05) is 17.4 Å². The molecule has 0 saturated carbocycles. The highest BCUT2D eigenvalue weighted by molar-refractivity contribution is 7.92. The van der Waals surface area contributed by atoms with Crippen molar-refractivity contribution in [3.05, 3.63) is 129 Å². The Bertz CT molecular complexity index is 1710. The van der Waals surface area contributed by atoms with Crippen molar-refractivity contribution in [2.45, 2.75) is 44.7 Å². The molecule has 0 radical (unpaired) electrons. The van der Waals surface area contributed by atoms with E-state index in [1.54, 1.807) is 55.5 Å². The normalized spacial score (nSPS) is 11.9.